The van der Waals surface area contributed by atoms with Gasteiger partial charge in [0.2, 0.25) is 0 Å². The van der Waals surface area contributed by atoms with E-state index < -0.39 is 0 Å². The van der Waals surface area contributed by atoms with Crippen LogP contribution in [0.5, 0.6) is 0 Å². The van der Waals surface area contributed by atoms with E-state index in [1.54, 1.807) is 7.11 Å². The third-order valence-electron chi connectivity index (χ3n) is 2.67. The lowest BCUT2D eigenvalue weighted by atomic mass is 9.99. The molecule has 0 aliphatic heterocycles. The minimum Gasteiger partial charge on any atom is -0.383 e. The summed E-state index contributed by atoms with van der Waals surface area (Å²) in [7, 11) is 1.69. The molecule has 0 radical (unpaired) electrons. The van der Waals surface area contributed by atoms with Crippen LogP contribution < -0.4 is 5.73 Å². The van der Waals surface area contributed by atoms with E-state index in [1.807, 2.05) is 0 Å². The van der Waals surface area contributed by atoms with Gasteiger partial charge in [0, 0.05) is 13.2 Å². The third-order valence-corrected chi connectivity index (χ3v) is 2.67. The zero-order valence-electron chi connectivity index (χ0n) is 9.92. The molecule has 0 amide bonds. The van der Waals surface area contributed by atoms with Crippen molar-refractivity contribution in [2.75, 3.05) is 13.7 Å². The number of aryl methyl sites for hydroxylation is 3. The molecule has 1 atom stereocenters. The molecular weight excluding hydrogens is 186 g/mol. The summed E-state index contributed by atoms with van der Waals surface area (Å²) >= 11 is 0. The molecule has 0 aliphatic rings. The van der Waals surface area contributed by atoms with Crippen LogP contribution in [0, 0.1) is 13.8 Å². The molecule has 0 aromatic heterocycles. The van der Waals surface area contributed by atoms with Crippen molar-refractivity contribution < 1.29 is 4.74 Å². The lowest BCUT2D eigenvalue weighted by Gasteiger charge is -2.12. The van der Waals surface area contributed by atoms with Crippen LogP contribution in [0.2, 0.25) is 0 Å². The molecular formula is C13H21NO. The van der Waals surface area contributed by atoms with Gasteiger partial charge in [-0.2, -0.15) is 0 Å². The fourth-order valence-corrected chi connectivity index (χ4v) is 1.71. The third kappa shape index (κ3) is 4.02. The Morgan fingerprint density at radius 2 is 2.07 bits per heavy atom. The van der Waals surface area contributed by atoms with E-state index in [0.29, 0.717) is 6.61 Å². The fraction of sp³-hybridized carbons (Fsp3) is 0.538. The van der Waals surface area contributed by atoms with E-state index in [-0.39, 0.29) is 6.04 Å². The number of ether oxygens (including phenoxy) is 1. The molecule has 1 aromatic rings. The monoisotopic (exact) mass is 207 g/mol. The van der Waals surface area contributed by atoms with Crippen molar-refractivity contribution in [3.8, 4) is 0 Å². The molecule has 0 bridgehead atoms. The Hall–Kier alpha value is -0.860. The molecule has 1 rings (SSSR count). The van der Waals surface area contributed by atoms with Gasteiger partial charge in [-0.05, 0) is 37.8 Å². The maximum Gasteiger partial charge on any atom is 0.0613 e. The predicted molar refractivity (Wildman–Crippen MR) is 64.1 cm³/mol. The molecule has 15 heavy (non-hydrogen) atoms. The van der Waals surface area contributed by atoms with Gasteiger partial charge in [0.25, 0.3) is 0 Å². The van der Waals surface area contributed by atoms with Crippen molar-refractivity contribution in [2.24, 2.45) is 5.73 Å². The highest BCUT2D eigenvalue weighted by Crippen LogP contribution is 2.13. The van der Waals surface area contributed by atoms with Crippen molar-refractivity contribution in [1.29, 1.82) is 0 Å². The average Bonchev–Trinajstić information content (AvgIpc) is 2.20. The lowest BCUT2D eigenvalue weighted by molar-refractivity contribution is 0.177. The van der Waals surface area contributed by atoms with Crippen LogP contribution in [-0.4, -0.2) is 19.8 Å². The minimum absolute atomic E-state index is 0.148. The van der Waals surface area contributed by atoms with Gasteiger partial charge in [-0.15, -0.1) is 0 Å². The summed E-state index contributed by atoms with van der Waals surface area (Å²) < 4.78 is 5.02. The average molecular weight is 207 g/mol. The van der Waals surface area contributed by atoms with E-state index in [4.69, 9.17) is 10.5 Å². The van der Waals surface area contributed by atoms with Gasteiger partial charge in [-0.3, -0.25) is 0 Å². The summed E-state index contributed by atoms with van der Waals surface area (Å²) in [5, 5.41) is 0. The van der Waals surface area contributed by atoms with Crippen molar-refractivity contribution in [2.45, 2.75) is 32.7 Å². The first-order valence-electron chi connectivity index (χ1n) is 5.44. The SMILES string of the molecule is COCC(N)CCc1cc(C)ccc1C. The van der Waals surface area contributed by atoms with Gasteiger partial charge >= 0.3 is 0 Å². The highest BCUT2D eigenvalue weighted by atomic mass is 16.5. The lowest BCUT2D eigenvalue weighted by Crippen LogP contribution is -2.26. The van der Waals surface area contributed by atoms with Crippen molar-refractivity contribution >= 4 is 0 Å². The largest absolute Gasteiger partial charge is 0.383 e. The van der Waals surface area contributed by atoms with E-state index >= 15 is 0 Å². The van der Waals surface area contributed by atoms with Crippen LogP contribution in [0.15, 0.2) is 18.2 Å². The molecule has 0 saturated heterocycles. The first kappa shape index (κ1) is 12.2. The van der Waals surface area contributed by atoms with Crippen LogP contribution in [0.4, 0.5) is 0 Å². The summed E-state index contributed by atoms with van der Waals surface area (Å²) in [5.74, 6) is 0. The fourth-order valence-electron chi connectivity index (χ4n) is 1.71. The number of methoxy groups -OCH3 is 1. The molecule has 84 valence electrons. The van der Waals surface area contributed by atoms with Crippen molar-refractivity contribution in [1.82, 2.24) is 0 Å². The molecule has 2 nitrogen and oxygen atoms in total. The maximum absolute atomic E-state index is 5.90. The molecule has 0 saturated carbocycles. The Morgan fingerprint density at radius 3 is 2.73 bits per heavy atom. The first-order valence-corrected chi connectivity index (χ1v) is 5.44. The topological polar surface area (TPSA) is 35.2 Å². The zero-order valence-corrected chi connectivity index (χ0v) is 9.92. The van der Waals surface area contributed by atoms with Gasteiger partial charge in [-0.25, -0.2) is 0 Å². The van der Waals surface area contributed by atoms with E-state index in [1.165, 1.54) is 16.7 Å². The molecule has 1 unspecified atom stereocenters. The van der Waals surface area contributed by atoms with E-state index in [0.717, 1.165) is 12.8 Å². The van der Waals surface area contributed by atoms with Crippen LogP contribution in [0.3, 0.4) is 0 Å². The quantitative estimate of drug-likeness (QED) is 0.803. The summed E-state index contributed by atoms with van der Waals surface area (Å²) in [6.07, 6.45) is 2.02. The molecule has 0 heterocycles. The number of nitrogens with two attached hydrogens (primary N) is 1. The van der Waals surface area contributed by atoms with Crippen molar-refractivity contribution in [3.05, 3.63) is 34.9 Å². The molecule has 0 spiro atoms. The Labute approximate surface area is 92.4 Å². The number of hydrogen-bond acceptors (Lipinski definition) is 2. The van der Waals surface area contributed by atoms with Crippen LogP contribution in [0.25, 0.3) is 0 Å². The summed E-state index contributed by atoms with van der Waals surface area (Å²) in [6, 6.07) is 6.71. The standard InChI is InChI=1S/C13H21NO/c1-10-4-5-11(2)12(8-10)6-7-13(14)9-15-3/h4-5,8,13H,6-7,9,14H2,1-3H3. The van der Waals surface area contributed by atoms with Crippen LogP contribution in [0.1, 0.15) is 23.1 Å². The highest BCUT2D eigenvalue weighted by Gasteiger charge is 2.04. The molecule has 1 aromatic carbocycles. The molecule has 2 heteroatoms. The second-order valence-corrected chi connectivity index (χ2v) is 4.18. The smallest absolute Gasteiger partial charge is 0.0613 e. The van der Waals surface area contributed by atoms with Gasteiger partial charge in [-0.1, -0.05) is 23.8 Å². The second kappa shape index (κ2) is 5.89. The Morgan fingerprint density at radius 1 is 1.33 bits per heavy atom. The first-order chi connectivity index (χ1) is 7.13. The summed E-state index contributed by atoms with van der Waals surface area (Å²) in [5.41, 5.74) is 9.97. The number of hydrogen-bond donors (Lipinski definition) is 1. The number of benzene rings is 1. The molecule has 0 aliphatic carbocycles. The minimum atomic E-state index is 0.148. The maximum atomic E-state index is 5.90. The zero-order chi connectivity index (χ0) is 11.3. The summed E-state index contributed by atoms with van der Waals surface area (Å²) in [6.45, 7) is 4.92. The Bertz CT molecular complexity index is 309. The van der Waals surface area contributed by atoms with Crippen LogP contribution in [-0.2, 0) is 11.2 Å². The molecule has 2 N–H and O–H groups in total. The van der Waals surface area contributed by atoms with E-state index in [9.17, 15) is 0 Å². The van der Waals surface area contributed by atoms with Gasteiger partial charge in [0.05, 0.1) is 6.61 Å². The van der Waals surface area contributed by atoms with Crippen LogP contribution >= 0.6 is 0 Å². The van der Waals surface area contributed by atoms with Crippen molar-refractivity contribution in [3.63, 3.8) is 0 Å². The Balaban J connectivity index is 2.53. The number of rotatable bonds is 5. The van der Waals surface area contributed by atoms with Gasteiger partial charge in [0.1, 0.15) is 0 Å². The van der Waals surface area contributed by atoms with Gasteiger partial charge < -0.3 is 10.5 Å². The summed E-state index contributed by atoms with van der Waals surface area (Å²) in [4.78, 5) is 0. The second-order valence-electron chi connectivity index (χ2n) is 4.18. The predicted octanol–water partition coefficient (Wildman–Crippen LogP) is 2.21. The Kier molecular flexibility index (Phi) is 4.79. The van der Waals surface area contributed by atoms with Gasteiger partial charge in [0.15, 0.2) is 0 Å². The highest BCUT2D eigenvalue weighted by molar-refractivity contribution is 5.30. The molecule has 0 fully saturated rings. The normalized spacial score (nSPS) is 12.8. The van der Waals surface area contributed by atoms with E-state index in [2.05, 4.69) is 32.0 Å².